The van der Waals surface area contributed by atoms with E-state index in [9.17, 15) is 0 Å². The van der Waals surface area contributed by atoms with Crippen molar-refractivity contribution in [2.75, 3.05) is 0 Å². The van der Waals surface area contributed by atoms with Crippen LogP contribution in [0.3, 0.4) is 0 Å². The summed E-state index contributed by atoms with van der Waals surface area (Å²) in [6.07, 6.45) is 1.19. The van der Waals surface area contributed by atoms with E-state index in [0.717, 1.165) is 0 Å². The zero-order valence-corrected chi connectivity index (χ0v) is 3.23. The fourth-order valence-corrected chi connectivity index (χ4v) is 0.0833. The maximum atomic E-state index is 7.76. The molecule has 1 heteroatoms. The first-order chi connectivity index (χ1) is 2.91. The first kappa shape index (κ1) is 4.79. The van der Waals surface area contributed by atoms with Gasteiger partial charge in [-0.15, -0.1) is 0 Å². The van der Waals surface area contributed by atoms with Gasteiger partial charge >= 0.3 is 0 Å². The number of hydrogen-bond acceptors (Lipinski definition) is 1. The molecule has 0 aliphatic heterocycles. The second-order valence-electron chi connectivity index (χ2n) is 0.595. The average Bonchev–Trinajstić information content (AvgIpc) is 1.61. The number of allylic oxidation sites excluding steroid dienone is 1. The molecule has 0 aromatic rings. The Morgan fingerprint density at radius 3 is 2.50 bits per heavy atom. The Labute approximate surface area is 36.5 Å². The van der Waals surface area contributed by atoms with Gasteiger partial charge in [0.1, 0.15) is 6.07 Å². The van der Waals surface area contributed by atoms with Gasteiger partial charge in [0.25, 0.3) is 0 Å². The van der Waals surface area contributed by atoms with Crippen LogP contribution in [-0.4, -0.2) is 0 Å². The lowest BCUT2D eigenvalue weighted by Crippen LogP contribution is -1.30. The SMILES string of the molecule is C=C=C=CC#N. The summed E-state index contributed by atoms with van der Waals surface area (Å²) in [7, 11) is 0. The number of nitriles is 1. The molecular formula is C5H3N. The number of hydrogen-bond donors (Lipinski definition) is 0. The summed E-state index contributed by atoms with van der Waals surface area (Å²) in [5.41, 5.74) is 4.64. The zero-order chi connectivity index (χ0) is 4.83. The maximum absolute atomic E-state index is 7.76. The molecule has 0 aliphatic carbocycles. The van der Waals surface area contributed by atoms with Crippen molar-refractivity contribution in [2.24, 2.45) is 0 Å². The predicted molar refractivity (Wildman–Crippen MR) is 22.8 cm³/mol. The van der Waals surface area contributed by atoms with Crippen LogP contribution in [-0.2, 0) is 0 Å². The molecule has 0 saturated carbocycles. The minimum atomic E-state index is 1.19. The number of rotatable bonds is 0. The van der Waals surface area contributed by atoms with E-state index in [1.165, 1.54) is 6.08 Å². The average molecular weight is 77.1 g/mol. The Morgan fingerprint density at radius 1 is 1.67 bits per heavy atom. The molecule has 0 aromatic heterocycles. The summed E-state index contributed by atoms with van der Waals surface area (Å²) in [6, 6.07) is 1.73. The van der Waals surface area contributed by atoms with Gasteiger partial charge in [0, 0.05) is 0 Å². The zero-order valence-electron chi connectivity index (χ0n) is 3.23. The van der Waals surface area contributed by atoms with E-state index in [4.69, 9.17) is 5.26 Å². The van der Waals surface area contributed by atoms with Gasteiger partial charge in [-0.2, -0.15) is 5.26 Å². The van der Waals surface area contributed by atoms with E-state index in [2.05, 4.69) is 18.0 Å². The Hall–Kier alpha value is -1.21. The summed E-state index contributed by atoms with van der Waals surface area (Å²) in [5.74, 6) is 0. The molecule has 0 spiro atoms. The smallest absolute Gasteiger partial charge is 0.100 e. The molecule has 0 N–H and O–H groups in total. The van der Waals surface area contributed by atoms with Crippen LogP contribution in [0.1, 0.15) is 0 Å². The molecule has 0 amide bonds. The molecule has 0 unspecified atom stereocenters. The highest BCUT2D eigenvalue weighted by molar-refractivity contribution is 4.99. The topological polar surface area (TPSA) is 23.8 Å². The summed E-state index contributed by atoms with van der Waals surface area (Å²) in [5, 5.41) is 7.76. The van der Waals surface area contributed by atoms with Crippen LogP contribution in [0.2, 0.25) is 0 Å². The van der Waals surface area contributed by atoms with Crippen molar-refractivity contribution in [3.8, 4) is 6.07 Å². The molecule has 0 bridgehead atoms. The summed E-state index contributed by atoms with van der Waals surface area (Å²) in [6.45, 7) is 3.18. The van der Waals surface area contributed by atoms with E-state index < -0.39 is 0 Å². The molecule has 0 rings (SSSR count). The highest BCUT2D eigenvalue weighted by Gasteiger charge is 1.43. The molecular weight excluding hydrogens is 74.1 g/mol. The molecule has 6 heavy (non-hydrogen) atoms. The lowest BCUT2D eigenvalue weighted by Gasteiger charge is -1.39. The van der Waals surface area contributed by atoms with Crippen molar-refractivity contribution in [2.45, 2.75) is 0 Å². The predicted octanol–water partition coefficient (Wildman–Crippen LogP) is 1.01. The Kier molecular flexibility index (Phi) is 3.03. The lowest BCUT2D eigenvalue weighted by atomic mass is 10.6. The van der Waals surface area contributed by atoms with E-state index in [-0.39, 0.29) is 0 Å². The third-order valence-corrected chi connectivity index (χ3v) is 0.239. The Morgan fingerprint density at radius 2 is 2.33 bits per heavy atom. The van der Waals surface area contributed by atoms with Gasteiger partial charge in [0.2, 0.25) is 0 Å². The first-order valence-corrected chi connectivity index (χ1v) is 1.40. The van der Waals surface area contributed by atoms with Gasteiger partial charge in [-0.1, -0.05) is 11.5 Å². The van der Waals surface area contributed by atoms with E-state index in [1.54, 1.807) is 6.07 Å². The number of nitrogens with zero attached hydrogens (tertiary/aromatic N) is 1. The maximum Gasteiger partial charge on any atom is 0.100 e. The fourth-order valence-electron chi connectivity index (χ4n) is 0.0833. The van der Waals surface area contributed by atoms with Crippen molar-refractivity contribution < 1.29 is 0 Å². The Bertz CT molecular complexity index is 138. The largest absolute Gasteiger partial charge is 0.192 e. The fraction of sp³-hybridized carbons (Fsp3) is 0. The molecule has 0 fully saturated rings. The monoisotopic (exact) mass is 77.0 g/mol. The first-order valence-electron chi connectivity index (χ1n) is 1.40. The highest BCUT2D eigenvalue weighted by atomic mass is 14.2. The van der Waals surface area contributed by atoms with Crippen LogP contribution in [0.4, 0.5) is 0 Å². The third-order valence-electron chi connectivity index (χ3n) is 0.239. The minimum absolute atomic E-state index is 1.19. The summed E-state index contributed by atoms with van der Waals surface area (Å²) in [4.78, 5) is 0. The van der Waals surface area contributed by atoms with Crippen molar-refractivity contribution in [3.63, 3.8) is 0 Å². The van der Waals surface area contributed by atoms with Crippen LogP contribution in [0.5, 0.6) is 0 Å². The van der Waals surface area contributed by atoms with Gasteiger partial charge in [0.15, 0.2) is 0 Å². The molecule has 0 saturated heterocycles. The van der Waals surface area contributed by atoms with Gasteiger partial charge in [-0.25, -0.2) is 0 Å². The normalized spacial score (nSPS) is 3.83. The van der Waals surface area contributed by atoms with Crippen LogP contribution < -0.4 is 0 Å². The standard InChI is InChI=1S/C5H3N/c1-2-3-4-5-6/h4H,1H2. The van der Waals surface area contributed by atoms with E-state index in [0.29, 0.717) is 0 Å². The van der Waals surface area contributed by atoms with Crippen LogP contribution in [0.15, 0.2) is 24.1 Å². The molecule has 0 radical (unpaired) electrons. The van der Waals surface area contributed by atoms with Gasteiger partial charge in [0.05, 0.1) is 6.08 Å². The summed E-state index contributed by atoms with van der Waals surface area (Å²) >= 11 is 0. The van der Waals surface area contributed by atoms with Crippen LogP contribution in [0, 0.1) is 11.3 Å². The van der Waals surface area contributed by atoms with Gasteiger partial charge in [-0.05, 0) is 6.58 Å². The Balaban J connectivity index is 3.91. The van der Waals surface area contributed by atoms with Crippen molar-refractivity contribution >= 4 is 0 Å². The van der Waals surface area contributed by atoms with Gasteiger partial charge in [-0.3, -0.25) is 0 Å². The van der Waals surface area contributed by atoms with Crippen molar-refractivity contribution in [1.82, 2.24) is 0 Å². The molecule has 0 heterocycles. The van der Waals surface area contributed by atoms with Crippen LogP contribution >= 0.6 is 0 Å². The van der Waals surface area contributed by atoms with Crippen molar-refractivity contribution in [1.29, 1.82) is 5.26 Å². The third kappa shape index (κ3) is 2.79. The lowest BCUT2D eigenvalue weighted by molar-refractivity contribution is 1.54. The molecule has 28 valence electrons. The minimum Gasteiger partial charge on any atom is -0.192 e. The highest BCUT2D eigenvalue weighted by Crippen LogP contribution is 1.52. The molecule has 0 aliphatic rings. The van der Waals surface area contributed by atoms with E-state index in [1.807, 2.05) is 0 Å². The molecule has 0 atom stereocenters. The molecule has 0 aromatic carbocycles. The van der Waals surface area contributed by atoms with E-state index >= 15 is 0 Å². The summed E-state index contributed by atoms with van der Waals surface area (Å²) < 4.78 is 0. The second kappa shape index (κ2) is 3.79. The van der Waals surface area contributed by atoms with Crippen LogP contribution in [0.25, 0.3) is 0 Å². The molecule has 1 nitrogen and oxygen atoms in total. The van der Waals surface area contributed by atoms with Gasteiger partial charge < -0.3 is 0 Å². The second-order valence-corrected chi connectivity index (χ2v) is 0.595. The van der Waals surface area contributed by atoms with Crippen molar-refractivity contribution in [3.05, 3.63) is 24.1 Å². The quantitative estimate of drug-likeness (QED) is 0.312.